The molecule has 150 valence electrons. The maximum Gasteiger partial charge on any atom is 0.193 e. The summed E-state index contributed by atoms with van der Waals surface area (Å²) in [7, 11) is 1.89. The average molecular weight is 486 g/mol. The van der Waals surface area contributed by atoms with Crippen LogP contribution in [-0.2, 0) is 6.42 Å². The number of guanidine groups is 1. The molecule has 2 heterocycles. The minimum atomic E-state index is -0.154. The van der Waals surface area contributed by atoms with Gasteiger partial charge in [0.05, 0.1) is 0 Å². The molecule has 0 amide bonds. The van der Waals surface area contributed by atoms with Gasteiger partial charge in [0.1, 0.15) is 5.82 Å². The van der Waals surface area contributed by atoms with Crippen LogP contribution in [0.2, 0.25) is 0 Å². The Kier molecular flexibility index (Phi) is 7.36. The molecule has 3 fully saturated rings. The number of nitrogens with one attached hydrogen (secondary N) is 1. The molecular formula is C21H32FIN4. The second-order valence-corrected chi connectivity index (χ2v) is 8.24. The first-order valence-electron chi connectivity index (χ1n) is 10.2. The highest BCUT2D eigenvalue weighted by Gasteiger charge is 2.34. The van der Waals surface area contributed by atoms with Crippen LogP contribution in [-0.4, -0.2) is 61.6 Å². The van der Waals surface area contributed by atoms with Gasteiger partial charge in [-0.15, -0.1) is 24.0 Å². The monoisotopic (exact) mass is 486 g/mol. The summed E-state index contributed by atoms with van der Waals surface area (Å²) < 4.78 is 13.1. The minimum Gasteiger partial charge on any atom is -0.356 e. The Morgan fingerprint density at radius 2 is 1.81 bits per heavy atom. The molecule has 1 aliphatic carbocycles. The molecule has 4 nitrogen and oxygen atoms in total. The van der Waals surface area contributed by atoms with E-state index in [1.165, 1.54) is 44.3 Å². The highest BCUT2D eigenvalue weighted by Crippen LogP contribution is 2.31. The molecule has 6 heteroatoms. The summed E-state index contributed by atoms with van der Waals surface area (Å²) in [6, 6.07) is 7.85. The lowest BCUT2D eigenvalue weighted by Crippen LogP contribution is -2.42. The van der Waals surface area contributed by atoms with E-state index >= 15 is 0 Å². The van der Waals surface area contributed by atoms with Crippen molar-refractivity contribution in [2.75, 3.05) is 39.8 Å². The third-order valence-electron chi connectivity index (χ3n) is 6.16. The van der Waals surface area contributed by atoms with Crippen LogP contribution >= 0.6 is 24.0 Å². The Hall–Kier alpha value is -0.890. The average Bonchev–Trinajstić information content (AvgIpc) is 3.22. The SMILES string of the molecule is CN=C(NCC1CCN(C2CC2)C1)N1CCC(Cc2ccc(F)cc2)C1.I. The third-order valence-corrected chi connectivity index (χ3v) is 6.16. The highest BCUT2D eigenvalue weighted by atomic mass is 127. The van der Waals surface area contributed by atoms with Crippen molar-refractivity contribution in [3.8, 4) is 0 Å². The molecule has 2 saturated heterocycles. The quantitative estimate of drug-likeness (QED) is 0.394. The van der Waals surface area contributed by atoms with E-state index in [0.717, 1.165) is 44.0 Å². The molecule has 0 spiro atoms. The van der Waals surface area contributed by atoms with Crippen molar-refractivity contribution < 1.29 is 4.39 Å². The van der Waals surface area contributed by atoms with E-state index in [0.29, 0.717) is 5.92 Å². The fraction of sp³-hybridized carbons (Fsp3) is 0.667. The van der Waals surface area contributed by atoms with Crippen molar-refractivity contribution in [3.05, 3.63) is 35.6 Å². The lowest BCUT2D eigenvalue weighted by atomic mass is 9.99. The Labute approximate surface area is 179 Å². The Morgan fingerprint density at radius 3 is 2.52 bits per heavy atom. The molecule has 27 heavy (non-hydrogen) atoms. The van der Waals surface area contributed by atoms with Gasteiger partial charge in [0.25, 0.3) is 0 Å². The van der Waals surface area contributed by atoms with E-state index < -0.39 is 0 Å². The summed E-state index contributed by atoms with van der Waals surface area (Å²) in [5, 5.41) is 3.62. The molecule has 4 rings (SSSR count). The molecule has 0 bridgehead atoms. The summed E-state index contributed by atoms with van der Waals surface area (Å²) in [6.07, 6.45) is 6.33. The molecule has 0 aromatic heterocycles. The zero-order valence-electron chi connectivity index (χ0n) is 16.2. The largest absolute Gasteiger partial charge is 0.356 e. The van der Waals surface area contributed by atoms with Gasteiger partial charge in [-0.25, -0.2) is 4.39 Å². The second-order valence-electron chi connectivity index (χ2n) is 8.24. The van der Waals surface area contributed by atoms with Gasteiger partial charge in [0.15, 0.2) is 5.96 Å². The fourth-order valence-corrected chi connectivity index (χ4v) is 4.51. The van der Waals surface area contributed by atoms with E-state index in [1.807, 2.05) is 19.2 Å². The number of aliphatic imine (C=N–C) groups is 1. The minimum absolute atomic E-state index is 0. The Balaban J connectivity index is 0.00000210. The molecule has 0 radical (unpaired) electrons. The van der Waals surface area contributed by atoms with E-state index in [9.17, 15) is 4.39 Å². The van der Waals surface area contributed by atoms with Gasteiger partial charge >= 0.3 is 0 Å². The first-order valence-corrected chi connectivity index (χ1v) is 10.2. The molecule has 2 aliphatic heterocycles. The molecule has 2 atom stereocenters. The van der Waals surface area contributed by atoms with Crippen molar-refractivity contribution >= 4 is 29.9 Å². The molecule has 1 saturated carbocycles. The normalized spacial score (nSPS) is 26.3. The molecule has 1 aromatic carbocycles. The summed E-state index contributed by atoms with van der Waals surface area (Å²) in [5.41, 5.74) is 1.23. The summed E-state index contributed by atoms with van der Waals surface area (Å²) in [4.78, 5) is 9.58. The van der Waals surface area contributed by atoms with E-state index in [2.05, 4.69) is 20.1 Å². The van der Waals surface area contributed by atoms with Crippen molar-refractivity contribution in [2.45, 2.75) is 38.1 Å². The van der Waals surface area contributed by atoms with Crippen molar-refractivity contribution in [1.82, 2.24) is 15.1 Å². The lowest BCUT2D eigenvalue weighted by molar-refractivity contribution is 0.313. The van der Waals surface area contributed by atoms with Crippen molar-refractivity contribution in [1.29, 1.82) is 0 Å². The number of rotatable bonds is 5. The van der Waals surface area contributed by atoms with Crippen molar-refractivity contribution in [2.24, 2.45) is 16.8 Å². The number of hydrogen-bond donors (Lipinski definition) is 1. The van der Waals surface area contributed by atoms with Gasteiger partial charge in [0.2, 0.25) is 0 Å². The number of likely N-dealkylation sites (tertiary alicyclic amines) is 2. The zero-order valence-corrected chi connectivity index (χ0v) is 18.6. The number of benzene rings is 1. The number of halogens is 2. The van der Waals surface area contributed by atoms with Crippen LogP contribution < -0.4 is 5.32 Å². The summed E-state index contributed by atoms with van der Waals surface area (Å²) in [5.74, 6) is 2.27. The maximum atomic E-state index is 13.1. The molecule has 1 aromatic rings. The van der Waals surface area contributed by atoms with Gasteiger partial charge in [-0.1, -0.05) is 12.1 Å². The maximum absolute atomic E-state index is 13.1. The fourth-order valence-electron chi connectivity index (χ4n) is 4.51. The van der Waals surface area contributed by atoms with Crippen LogP contribution in [0.25, 0.3) is 0 Å². The predicted molar refractivity (Wildman–Crippen MR) is 119 cm³/mol. The second kappa shape index (κ2) is 9.54. The smallest absolute Gasteiger partial charge is 0.193 e. The standard InChI is InChI=1S/C21H31FN4.HI/c1-23-21(24-13-18-9-10-25(15-18)20-6-7-20)26-11-8-17(14-26)12-16-2-4-19(22)5-3-16;/h2-5,17-18,20H,6-15H2,1H3,(H,23,24);1H. The van der Waals surface area contributed by atoms with Crippen LogP contribution in [0, 0.1) is 17.7 Å². The first-order chi connectivity index (χ1) is 12.7. The van der Waals surface area contributed by atoms with Crippen LogP contribution in [0.1, 0.15) is 31.2 Å². The summed E-state index contributed by atoms with van der Waals surface area (Å²) in [6.45, 7) is 5.66. The summed E-state index contributed by atoms with van der Waals surface area (Å²) >= 11 is 0. The van der Waals surface area contributed by atoms with Gasteiger partial charge in [-0.05, 0) is 68.2 Å². The van der Waals surface area contributed by atoms with Gasteiger partial charge < -0.3 is 15.1 Å². The van der Waals surface area contributed by atoms with E-state index in [1.54, 1.807) is 12.1 Å². The van der Waals surface area contributed by atoms with E-state index in [4.69, 9.17) is 0 Å². The first kappa shape index (κ1) is 20.8. The molecule has 3 aliphatic rings. The lowest BCUT2D eigenvalue weighted by Gasteiger charge is -2.23. The molecule has 2 unspecified atom stereocenters. The van der Waals surface area contributed by atoms with Crippen LogP contribution in [0.3, 0.4) is 0 Å². The number of hydrogen-bond acceptors (Lipinski definition) is 2. The third kappa shape index (κ3) is 5.56. The van der Waals surface area contributed by atoms with Crippen molar-refractivity contribution in [3.63, 3.8) is 0 Å². The van der Waals surface area contributed by atoms with Crippen LogP contribution in [0.5, 0.6) is 0 Å². The number of nitrogens with zero attached hydrogens (tertiary/aromatic N) is 3. The van der Waals surface area contributed by atoms with Gasteiger partial charge in [-0.3, -0.25) is 4.99 Å². The zero-order chi connectivity index (χ0) is 17.9. The van der Waals surface area contributed by atoms with Gasteiger partial charge in [-0.2, -0.15) is 0 Å². The Bertz CT molecular complexity index is 632. The Morgan fingerprint density at radius 1 is 1.07 bits per heavy atom. The van der Waals surface area contributed by atoms with E-state index in [-0.39, 0.29) is 29.8 Å². The predicted octanol–water partition coefficient (Wildman–Crippen LogP) is 3.37. The van der Waals surface area contributed by atoms with Crippen LogP contribution in [0.15, 0.2) is 29.3 Å². The molecule has 1 N–H and O–H groups in total. The van der Waals surface area contributed by atoms with Crippen LogP contribution in [0.4, 0.5) is 4.39 Å². The highest BCUT2D eigenvalue weighted by molar-refractivity contribution is 14.0. The molecular weight excluding hydrogens is 454 g/mol. The van der Waals surface area contributed by atoms with Gasteiger partial charge in [0, 0.05) is 39.3 Å². The topological polar surface area (TPSA) is 30.9 Å².